The summed E-state index contributed by atoms with van der Waals surface area (Å²) >= 11 is 1.88. The van der Waals surface area contributed by atoms with Crippen molar-refractivity contribution in [2.45, 2.75) is 39.7 Å². The van der Waals surface area contributed by atoms with Crippen LogP contribution in [0.2, 0.25) is 0 Å². The van der Waals surface area contributed by atoms with Crippen LogP contribution in [0.4, 0.5) is 0 Å². The topological polar surface area (TPSA) is 39.7 Å². The van der Waals surface area contributed by atoms with Crippen molar-refractivity contribution in [2.75, 3.05) is 33.2 Å². The number of nitrogens with zero attached hydrogens (tertiary/aromatic N) is 2. The zero-order valence-corrected chi connectivity index (χ0v) is 17.9. The molecule has 1 fully saturated rings. The molecular formula is C17H31IN4S. The fourth-order valence-corrected chi connectivity index (χ4v) is 4.00. The van der Waals surface area contributed by atoms with Crippen LogP contribution in [0.15, 0.2) is 17.1 Å². The first kappa shape index (κ1) is 20.7. The lowest BCUT2D eigenvalue weighted by Crippen LogP contribution is -2.44. The first-order valence-corrected chi connectivity index (χ1v) is 9.17. The molecule has 23 heavy (non-hydrogen) atoms. The Morgan fingerprint density at radius 1 is 1.48 bits per heavy atom. The molecule has 132 valence electrons. The maximum absolute atomic E-state index is 4.36. The van der Waals surface area contributed by atoms with Gasteiger partial charge >= 0.3 is 0 Å². The van der Waals surface area contributed by atoms with Gasteiger partial charge in [-0.25, -0.2) is 0 Å². The molecule has 0 spiro atoms. The smallest absolute Gasteiger partial charge is 0.191 e. The summed E-state index contributed by atoms with van der Waals surface area (Å²) in [6.45, 7) is 11.3. The van der Waals surface area contributed by atoms with Gasteiger partial charge in [0.05, 0.1) is 0 Å². The molecule has 0 aliphatic carbocycles. The number of likely N-dealkylation sites (tertiary alicyclic amines) is 1. The molecule has 2 unspecified atom stereocenters. The highest BCUT2D eigenvalue weighted by molar-refractivity contribution is 14.0. The van der Waals surface area contributed by atoms with Gasteiger partial charge in [-0.1, -0.05) is 6.92 Å². The molecule has 0 saturated carbocycles. The first-order chi connectivity index (χ1) is 10.6. The minimum atomic E-state index is 0. The van der Waals surface area contributed by atoms with Crippen LogP contribution in [0, 0.1) is 12.8 Å². The Kier molecular flexibility index (Phi) is 9.46. The van der Waals surface area contributed by atoms with Crippen molar-refractivity contribution in [1.29, 1.82) is 0 Å². The molecule has 0 radical (unpaired) electrons. The van der Waals surface area contributed by atoms with Gasteiger partial charge < -0.3 is 15.5 Å². The van der Waals surface area contributed by atoms with Crippen molar-refractivity contribution < 1.29 is 0 Å². The zero-order valence-electron chi connectivity index (χ0n) is 14.8. The molecule has 0 aromatic carbocycles. The number of nitrogens with one attached hydrogen (secondary N) is 2. The average molecular weight is 450 g/mol. The summed E-state index contributed by atoms with van der Waals surface area (Å²) in [5.41, 5.74) is 0. The minimum Gasteiger partial charge on any atom is -0.356 e. The molecule has 2 heterocycles. The largest absolute Gasteiger partial charge is 0.356 e. The van der Waals surface area contributed by atoms with Crippen LogP contribution in [0.25, 0.3) is 0 Å². The van der Waals surface area contributed by atoms with Crippen LogP contribution < -0.4 is 10.6 Å². The van der Waals surface area contributed by atoms with Crippen molar-refractivity contribution in [2.24, 2.45) is 10.9 Å². The quantitative estimate of drug-likeness (QED) is 0.398. The molecule has 2 atom stereocenters. The molecule has 1 aliphatic rings. The van der Waals surface area contributed by atoms with Gasteiger partial charge in [0.2, 0.25) is 0 Å². The summed E-state index contributed by atoms with van der Waals surface area (Å²) in [7, 11) is 1.85. The van der Waals surface area contributed by atoms with Gasteiger partial charge in [0.15, 0.2) is 5.96 Å². The van der Waals surface area contributed by atoms with Crippen molar-refractivity contribution in [3.8, 4) is 0 Å². The number of thiophene rings is 1. The van der Waals surface area contributed by atoms with E-state index in [4.69, 9.17) is 0 Å². The molecule has 2 N–H and O–H groups in total. The summed E-state index contributed by atoms with van der Waals surface area (Å²) in [4.78, 5) is 9.69. The van der Waals surface area contributed by atoms with E-state index >= 15 is 0 Å². The zero-order chi connectivity index (χ0) is 15.9. The number of hydrogen-bond acceptors (Lipinski definition) is 3. The second-order valence-electron chi connectivity index (χ2n) is 6.26. The van der Waals surface area contributed by atoms with E-state index in [-0.39, 0.29) is 24.0 Å². The first-order valence-electron chi connectivity index (χ1n) is 8.35. The third kappa shape index (κ3) is 6.97. The lowest BCUT2D eigenvalue weighted by Gasteiger charge is -2.19. The molecule has 2 rings (SSSR count). The standard InChI is InChI=1S/C17H30N4S.HI/c1-5-21-9-8-15(12-21)11-19-17(18-4)20-13(2)10-16-7-6-14(3)22-16;/h6-7,13,15H,5,8-12H2,1-4H3,(H2,18,19,20);1H. The van der Waals surface area contributed by atoms with Crippen LogP contribution in [0.1, 0.15) is 30.0 Å². The van der Waals surface area contributed by atoms with E-state index in [0.717, 1.165) is 24.8 Å². The third-order valence-electron chi connectivity index (χ3n) is 4.29. The van der Waals surface area contributed by atoms with E-state index in [1.54, 1.807) is 0 Å². The highest BCUT2D eigenvalue weighted by atomic mass is 127. The Morgan fingerprint density at radius 3 is 2.83 bits per heavy atom. The average Bonchev–Trinajstić information content (AvgIpc) is 3.12. The summed E-state index contributed by atoms with van der Waals surface area (Å²) in [5.74, 6) is 1.67. The molecule has 1 aromatic heterocycles. The van der Waals surface area contributed by atoms with Crippen molar-refractivity contribution >= 4 is 41.3 Å². The van der Waals surface area contributed by atoms with E-state index in [2.05, 4.69) is 53.4 Å². The van der Waals surface area contributed by atoms with E-state index in [0.29, 0.717) is 6.04 Å². The second-order valence-corrected chi connectivity index (χ2v) is 7.64. The van der Waals surface area contributed by atoms with E-state index in [9.17, 15) is 0 Å². The van der Waals surface area contributed by atoms with Crippen molar-refractivity contribution in [3.05, 3.63) is 21.9 Å². The van der Waals surface area contributed by atoms with Gasteiger partial charge in [-0.05, 0) is 51.4 Å². The van der Waals surface area contributed by atoms with Gasteiger partial charge in [-0.2, -0.15) is 0 Å². The Morgan fingerprint density at radius 2 is 2.26 bits per heavy atom. The Balaban J connectivity index is 0.00000264. The molecule has 0 amide bonds. The minimum absolute atomic E-state index is 0. The van der Waals surface area contributed by atoms with Crippen LogP contribution in [-0.2, 0) is 6.42 Å². The van der Waals surface area contributed by atoms with Gasteiger partial charge in [-0.3, -0.25) is 4.99 Å². The van der Waals surface area contributed by atoms with Gasteiger partial charge in [0.1, 0.15) is 0 Å². The van der Waals surface area contributed by atoms with Gasteiger partial charge in [0, 0.05) is 42.4 Å². The fraction of sp³-hybridized carbons (Fsp3) is 0.706. The summed E-state index contributed by atoms with van der Waals surface area (Å²) in [6, 6.07) is 4.81. The predicted molar refractivity (Wildman–Crippen MR) is 112 cm³/mol. The van der Waals surface area contributed by atoms with Crippen LogP contribution in [-0.4, -0.2) is 50.1 Å². The van der Waals surface area contributed by atoms with Crippen LogP contribution in [0.3, 0.4) is 0 Å². The van der Waals surface area contributed by atoms with E-state index in [1.807, 2.05) is 18.4 Å². The Bertz CT molecular complexity index is 489. The number of aliphatic imine (C=N–C) groups is 1. The van der Waals surface area contributed by atoms with Crippen LogP contribution >= 0.6 is 35.3 Å². The number of aryl methyl sites for hydroxylation is 1. The second kappa shape index (κ2) is 10.5. The lowest BCUT2D eigenvalue weighted by atomic mass is 10.1. The van der Waals surface area contributed by atoms with E-state index in [1.165, 1.54) is 35.8 Å². The SMILES string of the molecule is CCN1CCC(CNC(=NC)NC(C)Cc2ccc(C)s2)C1.I. The van der Waals surface area contributed by atoms with Crippen molar-refractivity contribution in [3.63, 3.8) is 0 Å². The summed E-state index contributed by atoms with van der Waals surface area (Å²) in [6.07, 6.45) is 2.34. The number of rotatable bonds is 6. The maximum atomic E-state index is 4.36. The normalized spacial score (nSPS) is 20.2. The summed E-state index contributed by atoms with van der Waals surface area (Å²) in [5, 5.41) is 7.00. The maximum Gasteiger partial charge on any atom is 0.191 e. The molecule has 1 aromatic rings. The van der Waals surface area contributed by atoms with Crippen LogP contribution in [0.5, 0.6) is 0 Å². The Labute approximate surface area is 162 Å². The third-order valence-corrected chi connectivity index (χ3v) is 5.31. The fourth-order valence-electron chi connectivity index (χ4n) is 2.98. The molecular weight excluding hydrogens is 419 g/mol. The van der Waals surface area contributed by atoms with Gasteiger partial charge in [0.25, 0.3) is 0 Å². The predicted octanol–water partition coefficient (Wildman–Crippen LogP) is 3.11. The molecule has 0 bridgehead atoms. The summed E-state index contributed by atoms with van der Waals surface area (Å²) < 4.78 is 0. The van der Waals surface area contributed by atoms with Crippen molar-refractivity contribution in [1.82, 2.24) is 15.5 Å². The van der Waals surface area contributed by atoms with E-state index < -0.39 is 0 Å². The highest BCUT2D eigenvalue weighted by Gasteiger charge is 2.21. The number of hydrogen-bond donors (Lipinski definition) is 2. The highest BCUT2D eigenvalue weighted by Crippen LogP contribution is 2.17. The van der Waals surface area contributed by atoms with Gasteiger partial charge in [-0.15, -0.1) is 35.3 Å². The monoisotopic (exact) mass is 450 g/mol. The molecule has 6 heteroatoms. The molecule has 1 saturated heterocycles. The lowest BCUT2D eigenvalue weighted by molar-refractivity contribution is 0.341. The Hall–Kier alpha value is -0.340. The molecule has 4 nitrogen and oxygen atoms in total. The number of halogens is 1. The number of guanidine groups is 1. The molecule has 1 aliphatic heterocycles.